The first-order valence-corrected chi connectivity index (χ1v) is 12.3. The number of aryl methyl sites for hydroxylation is 3. The van der Waals surface area contributed by atoms with E-state index in [0.717, 1.165) is 28.1 Å². The summed E-state index contributed by atoms with van der Waals surface area (Å²) in [7, 11) is 1.67. The number of nitrogens with one attached hydrogen (secondary N) is 1. The molecule has 0 spiro atoms. The first-order chi connectivity index (χ1) is 17.8. The molecule has 0 aliphatic carbocycles. The molecule has 1 amide bonds. The van der Waals surface area contributed by atoms with Crippen molar-refractivity contribution >= 4 is 12.1 Å². The lowest BCUT2D eigenvalue weighted by Crippen LogP contribution is -2.17. The predicted molar refractivity (Wildman–Crippen MR) is 145 cm³/mol. The molecule has 37 heavy (non-hydrogen) atoms. The highest BCUT2D eigenvalue weighted by molar-refractivity contribution is 5.92. The highest BCUT2D eigenvalue weighted by Crippen LogP contribution is 2.29. The highest BCUT2D eigenvalue weighted by atomic mass is 16.5. The third-order valence-electron chi connectivity index (χ3n) is 6.24. The molecule has 4 aromatic rings. The summed E-state index contributed by atoms with van der Waals surface area (Å²) >= 11 is 0. The molecule has 0 saturated heterocycles. The van der Waals surface area contributed by atoms with Gasteiger partial charge in [-0.15, -0.1) is 0 Å². The van der Waals surface area contributed by atoms with Crippen LogP contribution in [0.3, 0.4) is 0 Å². The van der Waals surface area contributed by atoms with E-state index in [1.807, 2.05) is 43.3 Å². The van der Waals surface area contributed by atoms with Gasteiger partial charge in [0.15, 0.2) is 5.76 Å². The molecule has 4 rings (SSSR count). The Morgan fingerprint density at radius 1 is 1.03 bits per heavy atom. The molecule has 2 aromatic heterocycles. The number of ether oxygens (including phenoxy) is 2. The highest BCUT2D eigenvalue weighted by Gasteiger charge is 2.13. The van der Waals surface area contributed by atoms with E-state index in [2.05, 4.69) is 54.9 Å². The van der Waals surface area contributed by atoms with Gasteiger partial charge < -0.3 is 18.5 Å². The van der Waals surface area contributed by atoms with Gasteiger partial charge in [0.2, 0.25) is 0 Å². The van der Waals surface area contributed by atoms with Gasteiger partial charge >= 0.3 is 5.91 Å². The van der Waals surface area contributed by atoms with Crippen LogP contribution in [0.25, 0.3) is 5.69 Å². The Hall–Kier alpha value is -4.26. The first-order valence-electron chi connectivity index (χ1n) is 12.3. The summed E-state index contributed by atoms with van der Waals surface area (Å²) in [5.74, 6) is 2.14. The maximum absolute atomic E-state index is 12.5. The van der Waals surface area contributed by atoms with Crippen LogP contribution in [0.5, 0.6) is 11.5 Å². The third-order valence-corrected chi connectivity index (χ3v) is 6.24. The zero-order chi connectivity index (χ0) is 26.5. The van der Waals surface area contributed by atoms with E-state index < -0.39 is 5.91 Å². The maximum Gasteiger partial charge on any atom is 0.307 e. The number of hydrogen-bond donors (Lipinski definition) is 1. The maximum atomic E-state index is 12.5. The van der Waals surface area contributed by atoms with Gasteiger partial charge in [-0.3, -0.25) is 4.79 Å². The van der Waals surface area contributed by atoms with Gasteiger partial charge in [0, 0.05) is 17.1 Å². The summed E-state index contributed by atoms with van der Waals surface area (Å²) in [6.07, 6.45) is 1.63. The average molecular weight is 500 g/mol. The van der Waals surface area contributed by atoms with Crippen molar-refractivity contribution in [3.05, 3.63) is 100 Å². The number of hydrogen-bond acceptors (Lipinski definition) is 5. The lowest BCUT2D eigenvalue weighted by molar-refractivity contribution is 0.0923. The lowest BCUT2D eigenvalue weighted by Gasteiger charge is -2.14. The van der Waals surface area contributed by atoms with Crippen molar-refractivity contribution in [1.29, 1.82) is 0 Å². The Balaban J connectivity index is 1.34. The van der Waals surface area contributed by atoms with E-state index in [1.54, 1.807) is 25.5 Å². The second-order valence-corrected chi connectivity index (χ2v) is 9.30. The Bertz CT molecular complexity index is 1390. The van der Waals surface area contributed by atoms with Crippen molar-refractivity contribution < 1.29 is 18.7 Å². The molecule has 192 valence electrons. The summed E-state index contributed by atoms with van der Waals surface area (Å²) in [5, 5.41) is 4.12. The van der Waals surface area contributed by atoms with Crippen molar-refractivity contribution in [3.63, 3.8) is 0 Å². The van der Waals surface area contributed by atoms with E-state index >= 15 is 0 Å². The smallest absolute Gasteiger partial charge is 0.307 e. The van der Waals surface area contributed by atoms with Crippen molar-refractivity contribution in [2.45, 2.75) is 47.1 Å². The van der Waals surface area contributed by atoms with Crippen LogP contribution in [0.4, 0.5) is 0 Å². The number of carbonyl (C=O) groups is 1. The fraction of sp³-hybridized carbons (Fsp3) is 0.267. The molecular formula is C30H33N3O4. The molecule has 0 bridgehead atoms. The monoisotopic (exact) mass is 499 g/mol. The Morgan fingerprint density at radius 3 is 2.38 bits per heavy atom. The predicted octanol–water partition coefficient (Wildman–Crippen LogP) is 6.47. The molecule has 7 heteroatoms. The number of carbonyl (C=O) groups excluding carboxylic acids is 1. The van der Waals surface area contributed by atoms with E-state index in [-0.39, 0.29) is 12.4 Å². The molecule has 2 aromatic carbocycles. The Labute approximate surface area is 217 Å². The molecule has 0 aliphatic heterocycles. The number of furan rings is 1. The SMILES string of the molecule is COc1cc(C)c(/C=N/NC(=O)c2ccc(COc3ccc(-n4c(C)ccc4C)cc3)o2)cc1C(C)C. The Kier molecular flexibility index (Phi) is 7.82. The van der Waals surface area contributed by atoms with Crippen molar-refractivity contribution in [2.24, 2.45) is 5.10 Å². The topological polar surface area (TPSA) is 78.0 Å². The van der Waals surface area contributed by atoms with Gasteiger partial charge in [-0.2, -0.15) is 5.10 Å². The average Bonchev–Trinajstić information content (AvgIpc) is 3.49. The minimum absolute atomic E-state index is 0.166. The summed E-state index contributed by atoms with van der Waals surface area (Å²) in [6.45, 7) is 10.6. The molecule has 0 unspecified atom stereocenters. The minimum Gasteiger partial charge on any atom is -0.496 e. The number of amides is 1. The van der Waals surface area contributed by atoms with Crippen molar-refractivity contribution in [3.8, 4) is 17.2 Å². The molecule has 0 saturated carbocycles. The van der Waals surface area contributed by atoms with Crippen LogP contribution in [0.15, 0.2) is 70.2 Å². The molecule has 1 N–H and O–H groups in total. The van der Waals surface area contributed by atoms with E-state index in [0.29, 0.717) is 17.4 Å². The Morgan fingerprint density at radius 2 is 1.73 bits per heavy atom. The van der Waals surface area contributed by atoms with E-state index in [1.165, 1.54) is 11.4 Å². The zero-order valence-electron chi connectivity index (χ0n) is 22.2. The standard InChI is InChI=1S/C30H33N3O4/c1-19(2)27-16-23(20(3)15-29(27)35-6)17-31-32-30(34)28-14-13-26(37-28)18-36-25-11-9-24(10-12-25)33-21(4)7-8-22(33)5/h7-17,19H,18H2,1-6H3,(H,32,34)/b31-17+. The summed E-state index contributed by atoms with van der Waals surface area (Å²) in [6, 6.07) is 19.4. The first kappa shape index (κ1) is 25.8. The van der Waals surface area contributed by atoms with Crippen molar-refractivity contribution in [1.82, 2.24) is 9.99 Å². The lowest BCUT2D eigenvalue weighted by atomic mass is 9.97. The second-order valence-electron chi connectivity index (χ2n) is 9.30. The fourth-order valence-corrected chi connectivity index (χ4v) is 4.20. The van der Waals surface area contributed by atoms with Gasteiger partial charge in [-0.25, -0.2) is 5.43 Å². The number of methoxy groups -OCH3 is 1. The second kappa shape index (κ2) is 11.2. The van der Waals surface area contributed by atoms with E-state index in [9.17, 15) is 4.79 Å². The van der Waals surface area contributed by atoms with E-state index in [4.69, 9.17) is 13.9 Å². The number of hydrazone groups is 1. The van der Waals surface area contributed by atoms with Gasteiger partial charge in [-0.05, 0) is 104 Å². The van der Waals surface area contributed by atoms with Crippen LogP contribution in [0.2, 0.25) is 0 Å². The molecule has 0 aliphatic rings. The zero-order valence-corrected chi connectivity index (χ0v) is 22.2. The van der Waals surface area contributed by atoms with Crippen LogP contribution < -0.4 is 14.9 Å². The van der Waals surface area contributed by atoms with Gasteiger partial charge in [0.25, 0.3) is 0 Å². The minimum atomic E-state index is -0.431. The molecule has 7 nitrogen and oxygen atoms in total. The van der Waals surface area contributed by atoms with Crippen LogP contribution in [-0.2, 0) is 6.61 Å². The number of nitrogens with zero attached hydrogens (tertiary/aromatic N) is 2. The van der Waals surface area contributed by atoms with Crippen LogP contribution in [-0.4, -0.2) is 23.8 Å². The molecule has 2 heterocycles. The number of rotatable bonds is 9. The normalized spacial score (nSPS) is 11.3. The third kappa shape index (κ3) is 5.94. The van der Waals surface area contributed by atoms with Gasteiger partial charge in [0.1, 0.15) is 23.9 Å². The van der Waals surface area contributed by atoms with Crippen molar-refractivity contribution in [2.75, 3.05) is 7.11 Å². The summed E-state index contributed by atoms with van der Waals surface area (Å²) in [5.41, 5.74) is 8.96. The largest absolute Gasteiger partial charge is 0.496 e. The number of aromatic nitrogens is 1. The molecule has 0 fully saturated rings. The van der Waals surface area contributed by atoms with Crippen LogP contribution in [0.1, 0.15) is 64.2 Å². The van der Waals surface area contributed by atoms with Crippen LogP contribution in [0, 0.1) is 20.8 Å². The molecule has 0 atom stereocenters. The van der Waals surface area contributed by atoms with Crippen LogP contribution >= 0.6 is 0 Å². The summed E-state index contributed by atoms with van der Waals surface area (Å²) in [4.78, 5) is 12.5. The number of benzene rings is 2. The molecule has 0 radical (unpaired) electrons. The summed E-state index contributed by atoms with van der Waals surface area (Å²) < 4.78 is 19.2. The fourth-order valence-electron chi connectivity index (χ4n) is 4.20. The molecular weight excluding hydrogens is 466 g/mol. The van der Waals surface area contributed by atoms with Gasteiger partial charge in [-0.1, -0.05) is 13.8 Å². The quantitative estimate of drug-likeness (QED) is 0.211. The van der Waals surface area contributed by atoms with Gasteiger partial charge in [0.05, 0.1) is 13.3 Å².